The lowest BCUT2D eigenvalue weighted by molar-refractivity contribution is -0.136. The van der Waals surface area contributed by atoms with E-state index in [1.807, 2.05) is 43.3 Å². The van der Waals surface area contributed by atoms with Gasteiger partial charge in [0, 0.05) is 45.7 Å². The lowest BCUT2D eigenvalue weighted by atomic mass is 10.2. The van der Waals surface area contributed by atoms with Crippen LogP contribution in [0.4, 0.5) is 0 Å². The second kappa shape index (κ2) is 9.18. The van der Waals surface area contributed by atoms with Crippen LogP contribution in [0.5, 0.6) is 11.6 Å². The monoisotopic (exact) mass is 437 g/mol. The SMILES string of the molecule is Cc1nc(-c2ccc(OCCCOc3ccc4[nH]c(CC(=O)O)cc4c3)nc2)sc1C. The van der Waals surface area contributed by atoms with Crippen LogP contribution in [0.15, 0.2) is 42.6 Å². The van der Waals surface area contributed by atoms with Gasteiger partial charge in [-0.15, -0.1) is 11.3 Å². The van der Waals surface area contributed by atoms with Crippen LogP contribution in [0.2, 0.25) is 0 Å². The summed E-state index contributed by atoms with van der Waals surface area (Å²) >= 11 is 1.66. The number of hydrogen-bond donors (Lipinski definition) is 2. The summed E-state index contributed by atoms with van der Waals surface area (Å²) < 4.78 is 11.5. The number of aryl methyl sites for hydroxylation is 2. The van der Waals surface area contributed by atoms with Crippen LogP contribution in [0.3, 0.4) is 0 Å². The summed E-state index contributed by atoms with van der Waals surface area (Å²) in [6.45, 7) is 5.08. The van der Waals surface area contributed by atoms with Crippen molar-refractivity contribution in [2.45, 2.75) is 26.7 Å². The molecule has 0 amide bonds. The number of aromatic nitrogens is 3. The zero-order valence-corrected chi connectivity index (χ0v) is 18.2. The molecule has 4 rings (SSSR count). The molecule has 31 heavy (non-hydrogen) atoms. The van der Waals surface area contributed by atoms with Crippen molar-refractivity contribution in [2.75, 3.05) is 13.2 Å². The second-order valence-electron chi connectivity index (χ2n) is 7.21. The van der Waals surface area contributed by atoms with Crippen LogP contribution in [-0.4, -0.2) is 39.2 Å². The number of carboxylic acids is 1. The number of fused-ring (bicyclic) bond motifs is 1. The minimum atomic E-state index is -0.861. The molecule has 0 radical (unpaired) electrons. The van der Waals surface area contributed by atoms with E-state index in [9.17, 15) is 4.79 Å². The fourth-order valence-electron chi connectivity index (χ4n) is 3.13. The van der Waals surface area contributed by atoms with Crippen LogP contribution in [0, 0.1) is 13.8 Å². The number of aliphatic carboxylic acids is 1. The first kappa shape index (κ1) is 20.9. The molecule has 160 valence electrons. The van der Waals surface area contributed by atoms with Gasteiger partial charge in [-0.3, -0.25) is 4.79 Å². The molecule has 0 bridgehead atoms. The van der Waals surface area contributed by atoms with Crippen molar-refractivity contribution < 1.29 is 19.4 Å². The molecule has 3 aromatic heterocycles. The third-order valence-corrected chi connectivity index (χ3v) is 5.93. The Morgan fingerprint density at radius 3 is 2.68 bits per heavy atom. The molecule has 0 fully saturated rings. The van der Waals surface area contributed by atoms with Gasteiger partial charge in [-0.1, -0.05) is 0 Å². The average Bonchev–Trinajstić information content (AvgIpc) is 3.29. The molecular weight excluding hydrogens is 414 g/mol. The summed E-state index contributed by atoms with van der Waals surface area (Å²) in [4.78, 5) is 24.1. The number of rotatable bonds is 9. The smallest absolute Gasteiger partial charge is 0.309 e. The van der Waals surface area contributed by atoms with E-state index in [0.29, 0.717) is 31.2 Å². The fourth-order valence-corrected chi connectivity index (χ4v) is 4.04. The Bertz CT molecular complexity index is 1180. The van der Waals surface area contributed by atoms with Gasteiger partial charge in [0.05, 0.1) is 25.3 Å². The van der Waals surface area contributed by atoms with Crippen LogP contribution < -0.4 is 9.47 Å². The maximum Gasteiger partial charge on any atom is 0.309 e. The van der Waals surface area contributed by atoms with Crippen molar-refractivity contribution in [1.29, 1.82) is 0 Å². The third kappa shape index (κ3) is 5.21. The van der Waals surface area contributed by atoms with E-state index in [1.165, 1.54) is 4.88 Å². The van der Waals surface area contributed by atoms with Gasteiger partial charge in [-0.05, 0) is 44.2 Å². The van der Waals surface area contributed by atoms with Crippen LogP contribution in [0.25, 0.3) is 21.5 Å². The number of thiazole rings is 1. The van der Waals surface area contributed by atoms with Gasteiger partial charge in [0.15, 0.2) is 0 Å². The largest absolute Gasteiger partial charge is 0.493 e. The van der Waals surface area contributed by atoms with Gasteiger partial charge in [-0.25, -0.2) is 9.97 Å². The van der Waals surface area contributed by atoms with E-state index >= 15 is 0 Å². The molecule has 0 aliphatic rings. The van der Waals surface area contributed by atoms with Gasteiger partial charge >= 0.3 is 5.97 Å². The van der Waals surface area contributed by atoms with E-state index in [1.54, 1.807) is 17.5 Å². The molecule has 1 aromatic carbocycles. The molecular formula is C23H23N3O4S. The van der Waals surface area contributed by atoms with E-state index < -0.39 is 5.97 Å². The second-order valence-corrected chi connectivity index (χ2v) is 8.41. The lowest BCUT2D eigenvalue weighted by Crippen LogP contribution is -2.05. The summed E-state index contributed by atoms with van der Waals surface area (Å²) in [5.41, 5.74) is 3.61. The predicted octanol–water partition coefficient (Wildman–Crippen LogP) is 4.78. The molecule has 0 unspecified atom stereocenters. The number of carboxylic acid groups (broad SMARTS) is 1. The molecule has 0 spiro atoms. The highest BCUT2D eigenvalue weighted by molar-refractivity contribution is 7.15. The Balaban J connectivity index is 1.24. The van der Waals surface area contributed by atoms with Gasteiger partial charge < -0.3 is 19.6 Å². The van der Waals surface area contributed by atoms with Crippen molar-refractivity contribution >= 4 is 28.2 Å². The number of carbonyl (C=O) groups is 1. The quantitative estimate of drug-likeness (QED) is 0.366. The first-order valence-electron chi connectivity index (χ1n) is 9.97. The number of nitrogens with one attached hydrogen (secondary N) is 1. The summed E-state index contributed by atoms with van der Waals surface area (Å²) in [5, 5.41) is 10.8. The maximum atomic E-state index is 10.8. The van der Waals surface area contributed by atoms with Crippen molar-refractivity contribution in [3.05, 3.63) is 58.9 Å². The highest BCUT2D eigenvalue weighted by Crippen LogP contribution is 2.27. The zero-order chi connectivity index (χ0) is 21.8. The average molecular weight is 438 g/mol. The third-order valence-electron chi connectivity index (χ3n) is 4.81. The van der Waals surface area contributed by atoms with Gasteiger partial charge in [0.1, 0.15) is 10.8 Å². The number of benzene rings is 1. The van der Waals surface area contributed by atoms with Crippen molar-refractivity contribution in [1.82, 2.24) is 15.0 Å². The summed E-state index contributed by atoms with van der Waals surface area (Å²) in [6, 6.07) is 11.3. The van der Waals surface area contributed by atoms with E-state index in [0.717, 1.165) is 32.9 Å². The van der Waals surface area contributed by atoms with Crippen LogP contribution in [0.1, 0.15) is 22.7 Å². The highest BCUT2D eigenvalue weighted by atomic mass is 32.1. The van der Waals surface area contributed by atoms with Crippen molar-refractivity contribution in [3.63, 3.8) is 0 Å². The Morgan fingerprint density at radius 1 is 1.13 bits per heavy atom. The standard InChI is InChI=1S/C23H23N3O4S/c1-14-15(2)31-23(25-14)16-4-7-21(24-13-16)30-9-3-8-29-19-5-6-20-17(11-19)10-18(26-20)12-22(27)28/h4-7,10-11,13,26H,3,8-9,12H2,1-2H3,(H,27,28). The number of nitrogens with zero attached hydrogens (tertiary/aromatic N) is 2. The fraction of sp³-hybridized carbons (Fsp3) is 0.261. The predicted molar refractivity (Wildman–Crippen MR) is 120 cm³/mol. The zero-order valence-electron chi connectivity index (χ0n) is 17.3. The molecule has 4 aromatic rings. The van der Waals surface area contributed by atoms with E-state index in [2.05, 4.69) is 21.9 Å². The normalized spacial score (nSPS) is 11.0. The summed E-state index contributed by atoms with van der Waals surface area (Å²) in [7, 11) is 0. The maximum absolute atomic E-state index is 10.8. The minimum absolute atomic E-state index is 0.0274. The molecule has 7 nitrogen and oxygen atoms in total. The molecule has 0 aliphatic heterocycles. The molecule has 0 atom stereocenters. The molecule has 0 saturated carbocycles. The Labute approximate surface area is 183 Å². The number of ether oxygens (including phenoxy) is 2. The molecule has 2 N–H and O–H groups in total. The first-order valence-corrected chi connectivity index (χ1v) is 10.8. The number of pyridine rings is 1. The van der Waals surface area contributed by atoms with Crippen molar-refractivity contribution in [3.8, 4) is 22.2 Å². The Hall–Kier alpha value is -3.39. The molecule has 0 aliphatic carbocycles. The highest BCUT2D eigenvalue weighted by Gasteiger charge is 2.08. The summed E-state index contributed by atoms with van der Waals surface area (Å²) in [5.74, 6) is 0.457. The van der Waals surface area contributed by atoms with E-state index in [4.69, 9.17) is 14.6 Å². The minimum Gasteiger partial charge on any atom is -0.493 e. The molecule has 3 heterocycles. The van der Waals surface area contributed by atoms with Gasteiger partial charge in [-0.2, -0.15) is 0 Å². The van der Waals surface area contributed by atoms with Crippen molar-refractivity contribution in [2.24, 2.45) is 0 Å². The van der Waals surface area contributed by atoms with E-state index in [-0.39, 0.29) is 6.42 Å². The van der Waals surface area contributed by atoms with Gasteiger partial charge in [0.25, 0.3) is 0 Å². The molecule has 8 heteroatoms. The Morgan fingerprint density at radius 2 is 1.97 bits per heavy atom. The van der Waals surface area contributed by atoms with Crippen LogP contribution >= 0.6 is 11.3 Å². The number of hydrogen-bond acceptors (Lipinski definition) is 6. The molecule has 0 saturated heterocycles. The van der Waals surface area contributed by atoms with Crippen LogP contribution in [-0.2, 0) is 11.2 Å². The Kier molecular flexibility index (Phi) is 6.18. The lowest BCUT2D eigenvalue weighted by Gasteiger charge is -2.08. The van der Waals surface area contributed by atoms with Gasteiger partial charge in [0.2, 0.25) is 5.88 Å². The number of aromatic amines is 1. The topological polar surface area (TPSA) is 97.3 Å². The summed E-state index contributed by atoms with van der Waals surface area (Å²) in [6.07, 6.45) is 2.47. The first-order chi connectivity index (χ1) is 15.0. The number of H-pyrrole nitrogens is 1.